The Morgan fingerprint density at radius 3 is 2.18 bits per heavy atom. The molecule has 0 unspecified atom stereocenters. The van der Waals surface area contributed by atoms with Gasteiger partial charge in [0.15, 0.2) is 0 Å². The Labute approximate surface area is 101 Å². The number of nitrogens with zero attached hydrogens (tertiary/aromatic N) is 1. The SMILES string of the molecule is Cc1c(N)c(/C=C/C(C)C)c(N)c(N)c1N=O. The summed E-state index contributed by atoms with van der Waals surface area (Å²) in [6.45, 7) is 5.79. The number of anilines is 3. The Morgan fingerprint density at radius 2 is 1.71 bits per heavy atom. The van der Waals surface area contributed by atoms with Crippen LogP contribution in [0.4, 0.5) is 22.7 Å². The van der Waals surface area contributed by atoms with Crippen LogP contribution in [0.3, 0.4) is 0 Å². The van der Waals surface area contributed by atoms with Crippen LogP contribution in [0, 0.1) is 17.7 Å². The third-order valence-corrected chi connectivity index (χ3v) is 2.62. The fourth-order valence-corrected chi connectivity index (χ4v) is 1.54. The van der Waals surface area contributed by atoms with Gasteiger partial charge in [-0.3, -0.25) is 0 Å². The van der Waals surface area contributed by atoms with Crippen molar-refractivity contribution in [1.29, 1.82) is 0 Å². The number of benzene rings is 1. The molecule has 0 bridgehead atoms. The monoisotopic (exact) mass is 234 g/mol. The minimum atomic E-state index is 0.127. The van der Waals surface area contributed by atoms with E-state index >= 15 is 0 Å². The molecular weight excluding hydrogens is 216 g/mol. The van der Waals surface area contributed by atoms with Gasteiger partial charge in [0.25, 0.3) is 0 Å². The molecule has 0 heterocycles. The van der Waals surface area contributed by atoms with E-state index in [0.29, 0.717) is 28.4 Å². The van der Waals surface area contributed by atoms with Gasteiger partial charge < -0.3 is 17.2 Å². The minimum Gasteiger partial charge on any atom is -0.398 e. The van der Waals surface area contributed by atoms with Crippen LogP contribution in [0.1, 0.15) is 25.0 Å². The Kier molecular flexibility index (Phi) is 3.73. The Bertz CT molecular complexity index is 449. The zero-order valence-electron chi connectivity index (χ0n) is 10.3. The van der Waals surface area contributed by atoms with Gasteiger partial charge in [-0.15, -0.1) is 4.91 Å². The van der Waals surface area contributed by atoms with Crippen molar-refractivity contribution >= 4 is 28.8 Å². The summed E-state index contributed by atoms with van der Waals surface area (Å²) >= 11 is 0. The number of allylic oxidation sites excluding steroid dienone is 1. The molecule has 17 heavy (non-hydrogen) atoms. The van der Waals surface area contributed by atoms with Crippen molar-refractivity contribution in [2.24, 2.45) is 11.1 Å². The lowest BCUT2D eigenvalue weighted by molar-refractivity contribution is 0.836. The van der Waals surface area contributed by atoms with Crippen LogP contribution < -0.4 is 17.2 Å². The van der Waals surface area contributed by atoms with Crippen molar-refractivity contribution in [2.75, 3.05) is 17.2 Å². The van der Waals surface area contributed by atoms with Gasteiger partial charge in [0.05, 0.1) is 11.4 Å². The molecular formula is C12H18N4O. The fourth-order valence-electron chi connectivity index (χ4n) is 1.54. The van der Waals surface area contributed by atoms with E-state index in [4.69, 9.17) is 17.2 Å². The van der Waals surface area contributed by atoms with Gasteiger partial charge in [-0.1, -0.05) is 26.0 Å². The third-order valence-electron chi connectivity index (χ3n) is 2.62. The molecule has 0 aromatic heterocycles. The predicted molar refractivity (Wildman–Crippen MR) is 73.7 cm³/mol. The average molecular weight is 234 g/mol. The molecule has 0 aliphatic heterocycles. The van der Waals surface area contributed by atoms with Gasteiger partial charge in [-0.05, 0) is 18.0 Å². The van der Waals surface area contributed by atoms with Crippen LogP contribution in [0.5, 0.6) is 0 Å². The molecule has 0 atom stereocenters. The van der Waals surface area contributed by atoms with Crippen LogP contribution in [0.25, 0.3) is 6.08 Å². The predicted octanol–water partition coefficient (Wildman–Crippen LogP) is 2.81. The first-order chi connectivity index (χ1) is 7.90. The molecule has 0 aliphatic carbocycles. The van der Waals surface area contributed by atoms with E-state index in [2.05, 4.69) is 5.18 Å². The van der Waals surface area contributed by atoms with E-state index in [1.165, 1.54) is 0 Å². The largest absolute Gasteiger partial charge is 0.398 e. The van der Waals surface area contributed by atoms with E-state index in [1.807, 2.05) is 26.0 Å². The van der Waals surface area contributed by atoms with Crippen molar-refractivity contribution in [2.45, 2.75) is 20.8 Å². The summed E-state index contributed by atoms with van der Waals surface area (Å²) in [5, 5.41) is 2.87. The number of nitrogens with two attached hydrogens (primary N) is 3. The molecule has 1 aromatic carbocycles. The first kappa shape index (κ1) is 13.0. The quantitative estimate of drug-likeness (QED) is 0.552. The minimum absolute atomic E-state index is 0.127. The van der Waals surface area contributed by atoms with Crippen LogP contribution in [-0.2, 0) is 0 Å². The number of hydrogen-bond acceptors (Lipinski definition) is 5. The number of nitrogen functional groups attached to an aromatic ring is 3. The molecule has 0 saturated heterocycles. The van der Waals surface area contributed by atoms with Crippen molar-refractivity contribution in [3.8, 4) is 0 Å². The lowest BCUT2D eigenvalue weighted by Gasteiger charge is -2.13. The molecule has 6 N–H and O–H groups in total. The maximum Gasteiger partial charge on any atom is 0.137 e. The molecule has 1 rings (SSSR count). The van der Waals surface area contributed by atoms with Gasteiger partial charge in [-0.25, -0.2) is 0 Å². The first-order valence-electron chi connectivity index (χ1n) is 5.38. The van der Waals surface area contributed by atoms with E-state index in [9.17, 15) is 4.91 Å². The molecule has 0 saturated carbocycles. The van der Waals surface area contributed by atoms with Crippen LogP contribution in [0.2, 0.25) is 0 Å². The van der Waals surface area contributed by atoms with Crippen LogP contribution in [0.15, 0.2) is 11.3 Å². The lowest BCUT2D eigenvalue weighted by Crippen LogP contribution is -2.04. The van der Waals surface area contributed by atoms with Gasteiger partial charge in [0, 0.05) is 16.8 Å². The van der Waals surface area contributed by atoms with Crippen molar-refractivity contribution in [1.82, 2.24) is 0 Å². The van der Waals surface area contributed by atoms with E-state index in [1.54, 1.807) is 6.92 Å². The van der Waals surface area contributed by atoms with E-state index in [0.717, 1.165) is 0 Å². The van der Waals surface area contributed by atoms with Crippen LogP contribution >= 0.6 is 0 Å². The second kappa shape index (κ2) is 4.86. The van der Waals surface area contributed by atoms with E-state index < -0.39 is 0 Å². The summed E-state index contributed by atoms with van der Waals surface area (Å²) in [6.07, 6.45) is 3.79. The third kappa shape index (κ3) is 2.38. The topological polar surface area (TPSA) is 107 Å². The first-order valence-corrected chi connectivity index (χ1v) is 5.38. The zero-order valence-corrected chi connectivity index (χ0v) is 10.3. The smallest absolute Gasteiger partial charge is 0.137 e. The fraction of sp³-hybridized carbons (Fsp3) is 0.333. The van der Waals surface area contributed by atoms with Crippen molar-refractivity contribution in [3.05, 3.63) is 22.1 Å². The maximum absolute atomic E-state index is 10.7. The maximum atomic E-state index is 10.7. The number of hydrogen-bond donors (Lipinski definition) is 3. The molecule has 0 fully saturated rings. The zero-order chi connectivity index (χ0) is 13.2. The molecule has 92 valence electrons. The second-order valence-corrected chi connectivity index (χ2v) is 4.32. The summed E-state index contributed by atoms with van der Waals surface area (Å²) in [4.78, 5) is 10.7. The summed E-state index contributed by atoms with van der Waals surface area (Å²) in [5.41, 5.74) is 19.8. The molecule has 0 aliphatic rings. The lowest BCUT2D eigenvalue weighted by atomic mass is 10.0. The normalized spacial score (nSPS) is 11.3. The highest BCUT2D eigenvalue weighted by Gasteiger charge is 2.15. The summed E-state index contributed by atoms with van der Waals surface area (Å²) < 4.78 is 0. The molecule has 0 spiro atoms. The van der Waals surface area contributed by atoms with Crippen LogP contribution in [-0.4, -0.2) is 0 Å². The Balaban J connectivity index is 3.48. The molecule has 1 aromatic rings. The van der Waals surface area contributed by atoms with Gasteiger partial charge in [0.1, 0.15) is 5.69 Å². The standard InChI is InChI=1S/C12H18N4O/c1-6(2)4-5-8-9(13)7(3)12(16-17)11(15)10(8)14/h4-6H,13-15H2,1-3H3/b5-4+. The molecule has 5 nitrogen and oxygen atoms in total. The van der Waals surface area contributed by atoms with Gasteiger partial charge in [-0.2, -0.15) is 0 Å². The second-order valence-electron chi connectivity index (χ2n) is 4.32. The summed E-state index contributed by atoms with van der Waals surface area (Å²) in [5.74, 6) is 0.374. The van der Waals surface area contributed by atoms with Crippen molar-refractivity contribution < 1.29 is 0 Å². The highest BCUT2D eigenvalue weighted by molar-refractivity contribution is 5.93. The number of rotatable bonds is 3. The highest BCUT2D eigenvalue weighted by Crippen LogP contribution is 2.40. The number of nitroso groups, excluding NO2 is 1. The van der Waals surface area contributed by atoms with Crippen molar-refractivity contribution in [3.63, 3.8) is 0 Å². The molecule has 0 radical (unpaired) electrons. The highest BCUT2D eigenvalue weighted by atomic mass is 16.3. The molecule has 0 amide bonds. The van der Waals surface area contributed by atoms with Gasteiger partial charge in [0.2, 0.25) is 0 Å². The Morgan fingerprint density at radius 1 is 1.12 bits per heavy atom. The summed E-state index contributed by atoms with van der Waals surface area (Å²) in [6, 6.07) is 0. The summed E-state index contributed by atoms with van der Waals surface area (Å²) in [7, 11) is 0. The van der Waals surface area contributed by atoms with Gasteiger partial charge >= 0.3 is 0 Å². The molecule has 5 heteroatoms. The average Bonchev–Trinajstić information content (AvgIpc) is 2.27. The van der Waals surface area contributed by atoms with E-state index in [-0.39, 0.29) is 11.4 Å². The Hall–Kier alpha value is -2.04.